The first-order valence-electron chi connectivity index (χ1n) is 4.96. The molecule has 0 aromatic heterocycles. The molecule has 5 heteroatoms. The first-order chi connectivity index (χ1) is 7.15. The van der Waals surface area contributed by atoms with Crippen molar-refractivity contribution in [2.24, 2.45) is 17.6 Å². The van der Waals surface area contributed by atoms with Crippen LogP contribution in [-0.2, 0) is 14.3 Å². The zero-order valence-electron chi connectivity index (χ0n) is 8.60. The summed E-state index contributed by atoms with van der Waals surface area (Å²) >= 11 is 0. The molecule has 1 fully saturated rings. The second-order valence-corrected chi connectivity index (χ2v) is 3.92. The van der Waals surface area contributed by atoms with Crippen LogP contribution in [-0.4, -0.2) is 37.0 Å². The number of nitrogens with zero attached hydrogens (tertiary/aromatic N) is 1. The largest absolute Gasteiger partial charge is 0.383 e. The Labute approximate surface area is 87.9 Å². The van der Waals surface area contributed by atoms with Crippen molar-refractivity contribution in [1.29, 1.82) is 0 Å². The Bertz CT molecular complexity index is 338. The van der Waals surface area contributed by atoms with Crippen molar-refractivity contribution in [3.63, 3.8) is 0 Å². The van der Waals surface area contributed by atoms with E-state index in [4.69, 9.17) is 10.5 Å². The van der Waals surface area contributed by atoms with Crippen LogP contribution in [0.2, 0.25) is 0 Å². The van der Waals surface area contributed by atoms with Crippen LogP contribution in [0, 0.1) is 11.8 Å². The van der Waals surface area contributed by atoms with Gasteiger partial charge < -0.3 is 15.4 Å². The molecule has 0 saturated heterocycles. The summed E-state index contributed by atoms with van der Waals surface area (Å²) in [5.41, 5.74) is 5.82. The van der Waals surface area contributed by atoms with Crippen LogP contribution >= 0.6 is 0 Å². The second-order valence-electron chi connectivity index (χ2n) is 3.92. The second kappa shape index (κ2) is 3.66. The lowest BCUT2D eigenvalue weighted by Crippen LogP contribution is -2.36. The summed E-state index contributed by atoms with van der Waals surface area (Å²) in [7, 11) is 1.58. The molecule has 1 aliphatic heterocycles. The van der Waals surface area contributed by atoms with Gasteiger partial charge in [0.15, 0.2) is 0 Å². The van der Waals surface area contributed by atoms with Crippen LogP contribution in [0.4, 0.5) is 0 Å². The highest BCUT2D eigenvalue weighted by Crippen LogP contribution is 2.48. The Kier molecular flexibility index (Phi) is 2.48. The maximum absolute atomic E-state index is 11.7. The van der Waals surface area contributed by atoms with Gasteiger partial charge in [-0.3, -0.25) is 9.59 Å². The van der Waals surface area contributed by atoms with Crippen molar-refractivity contribution in [1.82, 2.24) is 4.90 Å². The number of primary amides is 1. The lowest BCUT2D eigenvalue weighted by Gasteiger charge is -2.23. The van der Waals surface area contributed by atoms with Crippen LogP contribution in [0.15, 0.2) is 11.8 Å². The average molecular weight is 210 g/mol. The number of rotatable bonds is 4. The quantitative estimate of drug-likeness (QED) is 0.678. The number of hydrogen-bond donors (Lipinski definition) is 1. The van der Waals surface area contributed by atoms with Gasteiger partial charge in [0.1, 0.15) is 0 Å². The number of hydrogen-bond acceptors (Lipinski definition) is 3. The van der Waals surface area contributed by atoms with Crippen LogP contribution in [0.1, 0.15) is 6.42 Å². The Morgan fingerprint density at radius 2 is 2.40 bits per heavy atom. The molecule has 82 valence electrons. The minimum atomic E-state index is -0.419. The molecule has 5 nitrogen and oxygen atoms in total. The minimum absolute atomic E-state index is 0.0191. The molecule has 15 heavy (non-hydrogen) atoms. The standard InChI is InChI=1S/C10H14N2O3/c1-15-3-2-12-5-8(9(11)13)6-4-7(6)10(12)14/h5-7H,2-4H2,1H3,(H2,11,13). The van der Waals surface area contributed by atoms with Crippen molar-refractivity contribution >= 4 is 11.8 Å². The highest BCUT2D eigenvalue weighted by atomic mass is 16.5. The van der Waals surface area contributed by atoms with Gasteiger partial charge in [0.25, 0.3) is 0 Å². The molecule has 1 saturated carbocycles. The number of nitrogens with two attached hydrogens (primary N) is 1. The van der Waals surface area contributed by atoms with Crippen molar-refractivity contribution in [2.75, 3.05) is 20.3 Å². The molecule has 0 aromatic carbocycles. The topological polar surface area (TPSA) is 72.6 Å². The Balaban J connectivity index is 2.13. The molecule has 2 aliphatic rings. The number of carbonyl (C=O) groups excluding carboxylic acids is 2. The molecule has 2 atom stereocenters. The number of fused-ring (bicyclic) bond motifs is 1. The van der Waals surface area contributed by atoms with Crippen LogP contribution in [0.25, 0.3) is 0 Å². The summed E-state index contributed by atoms with van der Waals surface area (Å²) in [5, 5.41) is 0. The lowest BCUT2D eigenvalue weighted by molar-refractivity contribution is -0.131. The summed E-state index contributed by atoms with van der Waals surface area (Å²) in [6.07, 6.45) is 2.34. The highest BCUT2D eigenvalue weighted by molar-refractivity contribution is 5.98. The molecular weight excluding hydrogens is 196 g/mol. The van der Waals surface area contributed by atoms with Gasteiger partial charge in [-0.1, -0.05) is 0 Å². The Morgan fingerprint density at radius 3 is 3.00 bits per heavy atom. The van der Waals surface area contributed by atoms with Crippen molar-refractivity contribution < 1.29 is 14.3 Å². The maximum Gasteiger partial charge on any atom is 0.246 e. The molecule has 1 heterocycles. The van der Waals surface area contributed by atoms with E-state index < -0.39 is 5.91 Å². The maximum atomic E-state index is 11.7. The van der Waals surface area contributed by atoms with E-state index >= 15 is 0 Å². The van der Waals surface area contributed by atoms with Gasteiger partial charge in [0, 0.05) is 37.3 Å². The van der Waals surface area contributed by atoms with E-state index in [1.807, 2.05) is 0 Å². The van der Waals surface area contributed by atoms with Crippen molar-refractivity contribution in [3.8, 4) is 0 Å². The van der Waals surface area contributed by atoms with E-state index in [1.165, 1.54) is 4.90 Å². The fraction of sp³-hybridized carbons (Fsp3) is 0.600. The zero-order chi connectivity index (χ0) is 11.0. The fourth-order valence-electron chi connectivity index (χ4n) is 1.96. The van der Waals surface area contributed by atoms with Crippen molar-refractivity contribution in [2.45, 2.75) is 6.42 Å². The first kappa shape index (κ1) is 10.2. The van der Waals surface area contributed by atoms with E-state index in [0.717, 1.165) is 6.42 Å². The smallest absolute Gasteiger partial charge is 0.246 e. The third kappa shape index (κ3) is 1.74. The van der Waals surface area contributed by atoms with Crippen LogP contribution in [0.5, 0.6) is 0 Å². The lowest BCUT2D eigenvalue weighted by atomic mass is 10.1. The summed E-state index contributed by atoms with van der Waals surface area (Å²) in [5.74, 6) is -0.275. The summed E-state index contributed by atoms with van der Waals surface area (Å²) in [4.78, 5) is 24.4. The van der Waals surface area contributed by atoms with E-state index in [1.54, 1.807) is 13.3 Å². The third-order valence-corrected chi connectivity index (χ3v) is 2.91. The predicted molar refractivity (Wildman–Crippen MR) is 52.5 cm³/mol. The molecule has 2 rings (SSSR count). The molecule has 0 radical (unpaired) electrons. The molecular formula is C10H14N2O3. The zero-order valence-corrected chi connectivity index (χ0v) is 8.60. The van der Waals surface area contributed by atoms with Crippen LogP contribution < -0.4 is 5.73 Å². The molecule has 2 N–H and O–H groups in total. The normalized spacial score (nSPS) is 28.5. The van der Waals surface area contributed by atoms with E-state index in [-0.39, 0.29) is 17.7 Å². The van der Waals surface area contributed by atoms with Gasteiger partial charge in [0.05, 0.1) is 6.61 Å². The van der Waals surface area contributed by atoms with Gasteiger partial charge in [-0.05, 0) is 6.42 Å². The SMILES string of the molecule is COCCN1C=C(C(N)=O)C2CC2C1=O. The summed E-state index contributed by atoms with van der Waals surface area (Å²) in [6, 6.07) is 0. The molecule has 1 aliphatic carbocycles. The van der Waals surface area contributed by atoms with E-state index in [9.17, 15) is 9.59 Å². The molecule has 0 bridgehead atoms. The number of carbonyl (C=O) groups is 2. The molecule has 2 amide bonds. The van der Waals surface area contributed by atoms with Gasteiger partial charge in [0.2, 0.25) is 11.8 Å². The molecule has 0 aromatic rings. The first-order valence-corrected chi connectivity index (χ1v) is 4.96. The summed E-state index contributed by atoms with van der Waals surface area (Å²) in [6.45, 7) is 0.945. The Hall–Kier alpha value is -1.36. The van der Waals surface area contributed by atoms with Gasteiger partial charge >= 0.3 is 0 Å². The van der Waals surface area contributed by atoms with Gasteiger partial charge in [-0.25, -0.2) is 0 Å². The number of amides is 2. The average Bonchev–Trinajstić information content (AvgIpc) is 2.96. The van der Waals surface area contributed by atoms with E-state index in [2.05, 4.69) is 0 Å². The molecule has 2 unspecified atom stereocenters. The fourth-order valence-corrected chi connectivity index (χ4v) is 1.96. The van der Waals surface area contributed by atoms with Gasteiger partial charge in [-0.2, -0.15) is 0 Å². The van der Waals surface area contributed by atoms with Gasteiger partial charge in [-0.15, -0.1) is 0 Å². The van der Waals surface area contributed by atoms with Crippen molar-refractivity contribution in [3.05, 3.63) is 11.8 Å². The number of methoxy groups -OCH3 is 1. The monoisotopic (exact) mass is 210 g/mol. The third-order valence-electron chi connectivity index (χ3n) is 2.91. The van der Waals surface area contributed by atoms with E-state index in [0.29, 0.717) is 18.7 Å². The Morgan fingerprint density at radius 1 is 1.67 bits per heavy atom. The number of ether oxygens (including phenoxy) is 1. The summed E-state index contributed by atoms with van der Waals surface area (Å²) < 4.78 is 4.90. The minimum Gasteiger partial charge on any atom is -0.383 e. The highest BCUT2D eigenvalue weighted by Gasteiger charge is 2.51. The molecule has 0 spiro atoms. The van der Waals surface area contributed by atoms with Crippen LogP contribution in [0.3, 0.4) is 0 Å². The predicted octanol–water partition coefficient (Wildman–Crippen LogP) is -0.520.